The number of likely N-dealkylation sites (tertiary alicyclic amines) is 1. The van der Waals surface area contributed by atoms with Crippen LogP contribution in [0.2, 0.25) is 0 Å². The maximum absolute atomic E-state index is 13.0. The van der Waals surface area contributed by atoms with Crippen LogP contribution in [0, 0.1) is 6.92 Å². The van der Waals surface area contributed by atoms with Crippen LogP contribution in [0.5, 0.6) is 0 Å². The standard InChI is InChI=1S/C16H18N6O/c1-12-14(15-17-6-3-10-22(15)19-12)16(23)20-8-2-5-13(11-20)21-9-4-7-18-21/h3-4,6-7,9-10,13H,2,5,8,11H2,1H3/t13-/m1/s1. The molecule has 7 nitrogen and oxygen atoms in total. The monoisotopic (exact) mass is 310 g/mol. The summed E-state index contributed by atoms with van der Waals surface area (Å²) in [5.74, 6) is 0.00746. The van der Waals surface area contributed by atoms with Crippen molar-refractivity contribution < 1.29 is 4.79 Å². The van der Waals surface area contributed by atoms with Gasteiger partial charge in [-0.3, -0.25) is 9.48 Å². The zero-order valence-corrected chi connectivity index (χ0v) is 13.0. The molecule has 1 aliphatic heterocycles. The second-order valence-electron chi connectivity index (χ2n) is 5.88. The van der Waals surface area contributed by atoms with Gasteiger partial charge >= 0.3 is 0 Å². The molecule has 0 N–H and O–H groups in total. The van der Waals surface area contributed by atoms with Crippen LogP contribution in [-0.4, -0.2) is 48.3 Å². The Morgan fingerprint density at radius 2 is 2.13 bits per heavy atom. The normalized spacial score (nSPS) is 18.5. The smallest absolute Gasteiger partial charge is 0.259 e. The Balaban J connectivity index is 1.64. The number of nitrogens with zero attached hydrogens (tertiary/aromatic N) is 6. The molecule has 3 aromatic heterocycles. The summed E-state index contributed by atoms with van der Waals surface area (Å²) < 4.78 is 3.61. The van der Waals surface area contributed by atoms with Gasteiger partial charge < -0.3 is 4.90 Å². The van der Waals surface area contributed by atoms with Crippen LogP contribution < -0.4 is 0 Å². The van der Waals surface area contributed by atoms with Gasteiger partial charge in [-0.15, -0.1) is 0 Å². The Hall–Kier alpha value is -2.70. The lowest BCUT2D eigenvalue weighted by Gasteiger charge is -2.32. The molecule has 4 heterocycles. The van der Waals surface area contributed by atoms with Crippen molar-refractivity contribution in [1.82, 2.24) is 29.3 Å². The highest BCUT2D eigenvalue weighted by atomic mass is 16.2. The maximum atomic E-state index is 13.0. The molecule has 1 amide bonds. The van der Waals surface area contributed by atoms with Gasteiger partial charge in [0.2, 0.25) is 0 Å². The average molecular weight is 310 g/mol. The first-order chi connectivity index (χ1) is 11.2. The number of carbonyl (C=O) groups is 1. The van der Waals surface area contributed by atoms with E-state index in [0.717, 1.165) is 25.1 Å². The van der Waals surface area contributed by atoms with Crippen molar-refractivity contribution in [3.8, 4) is 0 Å². The van der Waals surface area contributed by atoms with Crippen molar-refractivity contribution in [1.29, 1.82) is 0 Å². The predicted molar refractivity (Wildman–Crippen MR) is 84.1 cm³/mol. The zero-order valence-electron chi connectivity index (χ0n) is 13.0. The van der Waals surface area contributed by atoms with Crippen LogP contribution in [0.15, 0.2) is 36.9 Å². The minimum Gasteiger partial charge on any atom is -0.336 e. The number of hydrogen-bond acceptors (Lipinski definition) is 4. The molecule has 1 saturated heterocycles. The Morgan fingerprint density at radius 1 is 1.26 bits per heavy atom. The molecule has 0 saturated carbocycles. The van der Waals surface area contributed by atoms with Gasteiger partial charge in [0.15, 0.2) is 5.65 Å². The quantitative estimate of drug-likeness (QED) is 0.722. The fraction of sp³-hybridized carbons (Fsp3) is 0.375. The third kappa shape index (κ3) is 2.38. The third-order valence-corrected chi connectivity index (χ3v) is 4.37. The molecule has 0 unspecified atom stereocenters. The summed E-state index contributed by atoms with van der Waals surface area (Å²) >= 11 is 0. The van der Waals surface area contributed by atoms with E-state index < -0.39 is 0 Å². The Morgan fingerprint density at radius 3 is 2.96 bits per heavy atom. The van der Waals surface area contributed by atoms with E-state index in [2.05, 4.69) is 15.2 Å². The molecule has 1 aliphatic rings. The predicted octanol–water partition coefficient (Wildman–Crippen LogP) is 1.71. The minimum atomic E-state index is 0.00746. The van der Waals surface area contributed by atoms with E-state index in [4.69, 9.17) is 0 Å². The van der Waals surface area contributed by atoms with Crippen molar-refractivity contribution in [2.75, 3.05) is 13.1 Å². The zero-order chi connectivity index (χ0) is 15.8. The molecule has 4 rings (SSSR count). The fourth-order valence-electron chi connectivity index (χ4n) is 3.26. The number of piperidine rings is 1. The summed E-state index contributed by atoms with van der Waals surface area (Å²) in [5, 5.41) is 8.70. The molecule has 7 heteroatoms. The SMILES string of the molecule is Cc1nn2cccnc2c1C(=O)N1CCC[C@@H](n2cccn2)C1. The van der Waals surface area contributed by atoms with Crippen LogP contribution in [0.1, 0.15) is 34.9 Å². The molecule has 0 aliphatic carbocycles. The average Bonchev–Trinajstić information content (AvgIpc) is 3.21. The highest BCUT2D eigenvalue weighted by Gasteiger charge is 2.29. The van der Waals surface area contributed by atoms with Crippen molar-refractivity contribution in [2.45, 2.75) is 25.8 Å². The summed E-state index contributed by atoms with van der Waals surface area (Å²) in [5.41, 5.74) is 1.94. The topological polar surface area (TPSA) is 68.3 Å². The number of rotatable bonds is 2. The van der Waals surface area contributed by atoms with Gasteiger partial charge in [0.1, 0.15) is 5.56 Å². The molecule has 118 valence electrons. The largest absolute Gasteiger partial charge is 0.336 e. The maximum Gasteiger partial charge on any atom is 0.259 e. The van der Waals surface area contributed by atoms with E-state index >= 15 is 0 Å². The van der Waals surface area contributed by atoms with Crippen molar-refractivity contribution in [2.24, 2.45) is 0 Å². The lowest BCUT2D eigenvalue weighted by molar-refractivity contribution is 0.0674. The van der Waals surface area contributed by atoms with E-state index in [9.17, 15) is 4.79 Å². The van der Waals surface area contributed by atoms with Gasteiger partial charge in [-0.25, -0.2) is 9.50 Å². The summed E-state index contributed by atoms with van der Waals surface area (Å²) in [6, 6.07) is 3.96. The number of carbonyl (C=O) groups excluding carboxylic acids is 1. The van der Waals surface area contributed by atoms with Crippen molar-refractivity contribution in [3.05, 3.63) is 48.2 Å². The molecular weight excluding hydrogens is 292 g/mol. The van der Waals surface area contributed by atoms with Crippen molar-refractivity contribution in [3.63, 3.8) is 0 Å². The van der Waals surface area contributed by atoms with Crippen molar-refractivity contribution >= 4 is 11.6 Å². The molecule has 0 bridgehead atoms. The molecule has 0 spiro atoms. The van der Waals surface area contributed by atoms with Gasteiger partial charge in [0, 0.05) is 37.9 Å². The van der Waals surface area contributed by atoms with Gasteiger partial charge in [0.05, 0.1) is 11.7 Å². The summed E-state index contributed by atoms with van der Waals surface area (Å²) in [7, 11) is 0. The van der Waals surface area contributed by atoms with Crippen LogP contribution >= 0.6 is 0 Å². The molecule has 1 atom stereocenters. The third-order valence-electron chi connectivity index (χ3n) is 4.37. The van der Waals surface area contributed by atoms with Gasteiger partial charge in [-0.2, -0.15) is 10.2 Å². The first kappa shape index (κ1) is 13.9. The van der Waals surface area contributed by atoms with Gasteiger partial charge in [-0.05, 0) is 31.9 Å². The molecule has 3 aromatic rings. The number of aryl methyl sites for hydroxylation is 1. The van der Waals surface area contributed by atoms with E-state index in [1.807, 2.05) is 41.0 Å². The minimum absolute atomic E-state index is 0.00746. The lowest BCUT2D eigenvalue weighted by atomic mass is 10.0. The second kappa shape index (κ2) is 5.49. The molecule has 0 aromatic carbocycles. The number of amides is 1. The van der Waals surface area contributed by atoms with E-state index in [-0.39, 0.29) is 11.9 Å². The van der Waals surface area contributed by atoms with Crippen LogP contribution in [0.25, 0.3) is 5.65 Å². The first-order valence-electron chi connectivity index (χ1n) is 7.82. The number of aromatic nitrogens is 5. The van der Waals surface area contributed by atoms with Crippen LogP contribution in [-0.2, 0) is 0 Å². The van der Waals surface area contributed by atoms with E-state index in [0.29, 0.717) is 17.8 Å². The van der Waals surface area contributed by atoms with Crippen LogP contribution in [0.4, 0.5) is 0 Å². The van der Waals surface area contributed by atoms with Crippen LogP contribution in [0.3, 0.4) is 0 Å². The molecular formula is C16H18N6O. The Labute approximate surface area is 133 Å². The second-order valence-corrected chi connectivity index (χ2v) is 5.88. The molecule has 0 radical (unpaired) electrons. The highest BCUT2D eigenvalue weighted by Crippen LogP contribution is 2.24. The highest BCUT2D eigenvalue weighted by molar-refractivity contribution is 6.01. The Bertz CT molecular complexity index is 838. The summed E-state index contributed by atoms with van der Waals surface area (Å²) in [6.45, 7) is 3.29. The number of fused-ring (bicyclic) bond motifs is 1. The fourth-order valence-corrected chi connectivity index (χ4v) is 3.26. The number of hydrogen-bond donors (Lipinski definition) is 0. The van der Waals surface area contributed by atoms with E-state index in [1.54, 1.807) is 16.9 Å². The molecule has 1 fully saturated rings. The Kier molecular flexibility index (Phi) is 3.33. The van der Waals surface area contributed by atoms with E-state index in [1.165, 1.54) is 0 Å². The van der Waals surface area contributed by atoms with Gasteiger partial charge in [0.25, 0.3) is 5.91 Å². The first-order valence-corrected chi connectivity index (χ1v) is 7.82. The summed E-state index contributed by atoms with van der Waals surface area (Å²) in [4.78, 5) is 19.2. The summed E-state index contributed by atoms with van der Waals surface area (Å²) in [6.07, 6.45) is 9.26. The lowest BCUT2D eigenvalue weighted by Crippen LogP contribution is -2.41. The van der Waals surface area contributed by atoms with Gasteiger partial charge in [-0.1, -0.05) is 0 Å². The molecule has 23 heavy (non-hydrogen) atoms.